The van der Waals surface area contributed by atoms with Crippen molar-refractivity contribution in [2.45, 2.75) is 47.1 Å². The van der Waals surface area contributed by atoms with E-state index in [9.17, 15) is 14.7 Å². The minimum Gasteiger partial charge on any atom is -0.550 e. The first-order valence-electron chi connectivity index (χ1n) is 6.03. The normalized spacial score (nSPS) is 10.7. The van der Waals surface area contributed by atoms with Crippen molar-refractivity contribution >= 4 is 11.9 Å². The average molecular weight is 247 g/mol. The van der Waals surface area contributed by atoms with Crippen LogP contribution in [0, 0.1) is 0 Å². The lowest BCUT2D eigenvalue weighted by Crippen LogP contribution is -2.52. The van der Waals surface area contributed by atoms with Gasteiger partial charge >= 0.3 is 5.97 Å². The van der Waals surface area contributed by atoms with Gasteiger partial charge in [0, 0.05) is 0 Å². The molecule has 1 N–H and O–H groups in total. The van der Waals surface area contributed by atoms with Crippen LogP contribution in [0.1, 0.15) is 41.0 Å². The number of quaternary nitrogens is 1. The highest BCUT2D eigenvalue weighted by atomic mass is 16.4. The maximum atomic E-state index is 9.39. The van der Waals surface area contributed by atoms with Gasteiger partial charge in [-0.3, -0.25) is 4.79 Å². The summed E-state index contributed by atoms with van der Waals surface area (Å²) in [5.74, 6) is -2.94. The van der Waals surface area contributed by atoms with E-state index in [1.54, 1.807) is 0 Å². The highest BCUT2D eigenvalue weighted by molar-refractivity contribution is 5.87. The molecular weight excluding hydrogens is 222 g/mol. The molecule has 0 unspecified atom stereocenters. The van der Waals surface area contributed by atoms with Crippen molar-refractivity contribution in [3.05, 3.63) is 0 Å². The molecule has 0 aliphatic carbocycles. The molecule has 5 nitrogen and oxygen atoms in total. The fourth-order valence-electron chi connectivity index (χ4n) is 1.89. The number of aliphatic carboxylic acids is 2. The van der Waals surface area contributed by atoms with Crippen molar-refractivity contribution in [3.8, 4) is 0 Å². The second-order valence-electron chi connectivity index (χ2n) is 4.20. The SMILES string of the molecule is CC[N+](CC)(CC)C(C)C.O=C([O-])CC(=O)O. The van der Waals surface area contributed by atoms with E-state index >= 15 is 0 Å². The Balaban J connectivity index is 0. The Morgan fingerprint density at radius 3 is 1.47 bits per heavy atom. The Hall–Kier alpha value is -1.10. The Morgan fingerprint density at radius 2 is 1.47 bits per heavy atom. The Kier molecular flexibility index (Phi) is 9.66. The van der Waals surface area contributed by atoms with Gasteiger partial charge in [0.2, 0.25) is 0 Å². The molecule has 102 valence electrons. The van der Waals surface area contributed by atoms with Crippen LogP contribution in [0.5, 0.6) is 0 Å². The van der Waals surface area contributed by atoms with Crippen LogP contribution in [0.2, 0.25) is 0 Å². The molecule has 0 fully saturated rings. The number of carbonyl (C=O) groups is 2. The van der Waals surface area contributed by atoms with E-state index < -0.39 is 18.4 Å². The van der Waals surface area contributed by atoms with Gasteiger partial charge in [-0.2, -0.15) is 0 Å². The van der Waals surface area contributed by atoms with Gasteiger partial charge in [-0.1, -0.05) is 0 Å². The van der Waals surface area contributed by atoms with Crippen LogP contribution in [0.15, 0.2) is 0 Å². The van der Waals surface area contributed by atoms with Gasteiger partial charge in [-0.15, -0.1) is 0 Å². The Labute approximate surface area is 104 Å². The molecule has 0 spiro atoms. The van der Waals surface area contributed by atoms with Crippen molar-refractivity contribution in [2.24, 2.45) is 0 Å². The summed E-state index contributed by atoms with van der Waals surface area (Å²) in [6.07, 6.45) is -0.917. The predicted molar refractivity (Wildman–Crippen MR) is 64.3 cm³/mol. The van der Waals surface area contributed by atoms with Crippen molar-refractivity contribution in [1.82, 2.24) is 0 Å². The summed E-state index contributed by atoms with van der Waals surface area (Å²) in [6.45, 7) is 15.3. The van der Waals surface area contributed by atoms with Gasteiger partial charge in [0.25, 0.3) is 0 Å². The zero-order valence-corrected chi connectivity index (χ0v) is 11.5. The third kappa shape index (κ3) is 7.74. The van der Waals surface area contributed by atoms with Gasteiger partial charge in [-0.25, -0.2) is 0 Å². The molecule has 0 bridgehead atoms. The maximum Gasteiger partial charge on any atom is 0.309 e. The number of carbonyl (C=O) groups excluding carboxylic acids is 1. The van der Waals surface area contributed by atoms with Crippen LogP contribution >= 0.6 is 0 Å². The van der Waals surface area contributed by atoms with E-state index in [4.69, 9.17) is 5.11 Å². The van der Waals surface area contributed by atoms with E-state index in [0.717, 1.165) is 6.04 Å². The van der Waals surface area contributed by atoms with Gasteiger partial charge in [-0.05, 0) is 34.6 Å². The molecule has 0 aliphatic rings. The first-order valence-corrected chi connectivity index (χ1v) is 6.03. The molecule has 0 aromatic rings. The van der Waals surface area contributed by atoms with E-state index in [0.29, 0.717) is 0 Å². The molecule has 0 saturated heterocycles. The highest BCUT2D eigenvalue weighted by Crippen LogP contribution is 2.11. The second kappa shape index (κ2) is 8.98. The minimum atomic E-state index is -1.56. The standard InChI is InChI=1S/C9H22N.C3H4O4/c1-6-10(7-2,8-3)9(4)5;4-2(5)1-3(6)7/h9H,6-8H2,1-5H3;1H2,(H,4,5)(H,6,7)/q+1;/p-1. The molecule has 0 aliphatic heterocycles. The lowest BCUT2D eigenvalue weighted by Gasteiger charge is -2.39. The third-order valence-electron chi connectivity index (χ3n) is 3.28. The number of rotatable bonds is 6. The third-order valence-corrected chi connectivity index (χ3v) is 3.28. The quantitative estimate of drug-likeness (QED) is 0.547. The van der Waals surface area contributed by atoms with E-state index in [1.807, 2.05) is 0 Å². The largest absolute Gasteiger partial charge is 0.550 e. The number of hydrogen-bond acceptors (Lipinski definition) is 3. The molecule has 0 aromatic heterocycles. The molecule has 5 heteroatoms. The molecule has 0 atom stereocenters. The van der Waals surface area contributed by atoms with Crippen molar-refractivity contribution in [1.29, 1.82) is 0 Å². The van der Waals surface area contributed by atoms with E-state index in [1.165, 1.54) is 24.1 Å². The van der Waals surface area contributed by atoms with Gasteiger partial charge in [0.15, 0.2) is 0 Å². The van der Waals surface area contributed by atoms with Crippen molar-refractivity contribution < 1.29 is 24.3 Å². The molecule has 0 amide bonds. The first-order chi connectivity index (χ1) is 7.75. The summed E-state index contributed by atoms with van der Waals surface area (Å²) < 4.78 is 1.26. The van der Waals surface area contributed by atoms with E-state index in [2.05, 4.69) is 34.6 Å². The summed E-state index contributed by atoms with van der Waals surface area (Å²) in [7, 11) is 0. The molecular formula is C12H25NO4. The van der Waals surface area contributed by atoms with Crippen LogP contribution in [0.25, 0.3) is 0 Å². The lowest BCUT2D eigenvalue weighted by atomic mass is 10.2. The lowest BCUT2D eigenvalue weighted by molar-refractivity contribution is -0.943. The molecule has 0 radical (unpaired) electrons. The smallest absolute Gasteiger partial charge is 0.309 e. The summed E-state index contributed by atoms with van der Waals surface area (Å²) in [5, 5.41) is 17.0. The Bertz CT molecular complexity index is 214. The van der Waals surface area contributed by atoms with Crippen LogP contribution in [-0.4, -0.2) is 47.2 Å². The Morgan fingerprint density at radius 1 is 1.12 bits per heavy atom. The fourth-order valence-corrected chi connectivity index (χ4v) is 1.89. The van der Waals surface area contributed by atoms with Gasteiger partial charge < -0.3 is 19.5 Å². The number of carboxylic acids is 2. The van der Waals surface area contributed by atoms with Gasteiger partial charge in [0.05, 0.1) is 38.1 Å². The minimum absolute atomic E-state index is 0.778. The zero-order chi connectivity index (χ0) is 14.1. The molecule has 0 saturated carbocycles. The highest BCUT2D eigenvalue weighted by Gasteiger charge is 2.24. The monoisotopic (exact) mass is 247 g/mol. The van der Waals surface area contributed by atoms with E-state index in [-0.39, 0.29) is 0 Å². The average Bonchev–Trinajstić information content (AvgIpc) is 2.19. The maximum absolute atomic E-state index is 9.39. The summed E-state index contributed by atoms with van der Waals surface area (Å²) in [6, 6.07) is 0.778. The summed E-state index contributed by atoms with van der Waals surface area (Å²) in [5.41, 5.74) is 0. The molecule has 0 aromatic carbocycles. The van der Waals surface area contributed by atoms with Crippen LogP contribution < -0.4 is 5.11 Å². The number of nitrogens with zero attached hydrogens (tertiary/aromatic N) is 1. The number of hydrogen-bond donors (Lipinski definition) is 1. The van der Waals surface area contributed by atoms with Crippen molar-refractivity contribution in [2.75, 3.05) is 19.6 Å². The van der Waals surface area contributed by atoms with Crippen molar-refractivity contribution in [3.63, 3.8) is 0 Å². The molecule has 17 heavy (non-hydrogen) atoms. The summed E-state index contributed by atoms with van der Waals surface area (Å²) in [4.78, 5) is 18.7. The van der Waals surface area contributed by atoms with Gasteiger partial charge in [0.1, 0.15) is 0 Å². The molecule has 0 heterocycles. The van der Waals surface area contributed by atoms with Crippen LogP contribution in [0.4, 0.5) is 0 Å². The predicted octanol–water partition coefficient (Wildman–Crippen LogP) is 0.482. The van der Waals surface area contributed by atoms with Crippen LogP contribution in [-0.2, 0) is 9.59 Å². The topological polar surface area (TPSA) is 77.4 Å². The number of carboxylic acid groups (broad SMARTS) is 2. The fraction of sp³-hybridized carbons (Fsp3) is 0.833. The second-order valence-corrected chi connectivity index (χ2v) is 4.20. The molecule has 0 rings (SSSR count). The van der Waals surface area contributed by atoms with Crippen LogP contribution in [0.3, 0.4) is 0 Å². The summed E-state index contributed by atoms with van der Waals surface area (Å²) >= 11 is 0. The first kappa shape index (κ1) is 18.3. The zero-order valence-electron chi connectivity index (χ0n) is 11.5.